The van der Waals surface area contributed by atoms with Crippen molar-refractivity contribution < 1.29 is 0 Å². The van der Waals surface area contributed by atoms with Gasteiger partial charge in [-0.2, -0.15) is 0 Å². The number of nitrogens with zero attached hydrogens (tertiary/aromatic N) is 2. The van der Waals surface area contributed by atoms with Crippen LogP contribution in [0, 0.1) is 0 Å². The average Bonchev–Trinajstić information content (AvgIpc) is 2.34. The third-order valence-corrected chi connectivity index (χ3v) is 1.76. The Bertz CT molecular complexity index is 218. The quantitative estimate of drug-likeness (QED) is 0.639. The van der Waals surface area contributed by atoms with E-state index in [4.69, 9.17) is 11.6 Å². The molecule has 62 valence electrons. The van der Waals surface area contributed by atoms with Crippen molar-refractivity contribution in [3.8, 4) is 0 Å². The second kappa shape index (κ2) is 3.77. The predicted octanol–water partition coefficient (Wildman–Crippen LogP) is 2.07. The lowest BCUT2D eigenvalue weighted by atomic mass is 10.3. The van der Waals surface area contributed by atoms with Gasteiger partial charge in [0.2, 0.25) is 0 Å². The summed E-state index contributed by atoms with van der Waals surface area (Å²) in [6, 6.07) is 0. The number of rotatable bonds is 3. The van der Waals surface area contributed by atoms with Gasteiger partial charge < -0.3 is 4.57 Å². The maximum Gasteiger partial charge on any atom is 0.110 e. The molecule has 3 heteroatoms. The van der Waals surface area contributed by atoms with E-state index in [1.54, 1.807) is 0 Å². The van der Waals surface area contributed by atoms with Crippen LogP contribution < -0.4 is 0 Å². The summed E-state index contributed by atoms with van der Waals surface area (Å²) in [5, 5.41) is 0.169. The third-order valence-electron chi connectivity index (χ3n) is 1.61. The van der Waals surface area contributed by atoms with Crippen LogP contribution in [-0.2, 0) is 13.0 Å². The minimum atomic E-state index is 0.169. The van der Waals surface area contributed by atoms with Crippen LogP contribution in [0.2, 0.25) is 0 Å². The molecule has 1 aromatic rings. The molecule has 0 saturated heterocycles. The Labute approximate surface area is 72.2 Å². The summed E-state index contributed by atoms with van der Waals surface area (Å²) in [6.45, 7) is 5.05. The zero-order valence-electron chi connectivity index (χ0n) is 6.92. The Morgan fingerprint density at radius 3 is 3.00 bits per heavy atom. The molecule has 0 aliphatic rings. The minimum absolute atomic E-state index is 0.169. The predicted molar refractivity (Wildman–Crippen MR) is 46.9 cm³/mol. The zero-order chi connectivity index (χ0) is 8.27. The first kappa shape index (κ1) is 8.60. The number of alkyl halides is 1. The van der Waals surface area contributed by atoms with Gasteiger partial charge in [0.05, 0.1) is 0 Å². The molecule has 0 aliphatic heterocycles. The van der Waals surface area contributed by atoms with Gasteiger partial charge >= 0.3 is 0 Å². The van der Waals surface area contributed by atoms with Gasteiger partial charge in [0.25, 0.3) is 0 Å². The fourth-order valence-corrected chi connectivity index (χ4v) is 1.21. The lowest BCUT2D eigenvalue weighted by Gasteiger charge is -2.04. The van der Waals surface area contributed by atoms with Crippen LogP contribution in [0.4, 0.5) is 0 Å². The maximum atomic E-state index is 5.84. The van der Waals surface area contributed by atoms with Crippen LogP contribution in [-0.4, -0.2) is 14.9 Å². The molecule has 0 amide bonds. The molecule has 0 aromatic carbocycles. The lowest BCUT2D eigenvalue weighted by Crippen LogP contribution is -2.06. The topological polar surface area (TPSA) is 17.8 Å². The van der Waals surface area contributed by atoms with Gasteiger partial charge in [-0.05, 0) is 13.8 Å². The number of aromatic nitrogens is 2. The average molecular weight is 173 g/mol. The van der Waals surface area contributed by atoms with E-state index in [9.17, 15) is 0 Å². The summed E-state index contributed by atoms with van der Waals surface area (Å²) in [7, 11) is 0. The number of aryl methyl sites for hydroxylation is 1. The first-order valence-corrected chi connectivity index (χ1v) is 4.31. The molecule has 0 aliphatic carbocycles. The van der Waals surface area contributed by atoms with Crippen molar-refractivity contribution in [1.29, 1.82) is 0 Å². The Kier molecular flexibility index (Phi) is 2.94. The summed E-state index contributed by atoms with van der Waals surface area (Å²) in [5.41, 5.74) is 0. The van der Waals surface area contributed by atoms with Crippen LogP contribution in [0.15, 0.2) is 12.4 Å². The van der Waals surface area contributed by atoms with Crippen molar-refractivity contribution in [1.82, 2.24) is 9.55 Å². The molecule has 11 heavy (non-hydrogen) atoms. The standard InChI is InChI=1S/C8H13ClN2/c1-3-11-5-4-10-8(11)6-7(2)9/h4-5,7H,3,6H2,1-2H3. The summed E-state index contributed by atoms with van der Waals surface area (Å²) >= 11 is 5.84. The van der Waals surface area contributed by atoms with E-state index in [-0.39, 0.29) is 5.38 Å². The van der Waals surface area contributed by atoms with Crippen LogP contribution in [0.5, 0.6) is 0 Å². The van der Waals surface area contributed by atoms with Crippen molar-refractivity contribution in [2.24, 2.45) is 0 Å². The first-order valence-electron chi connectivity index (χ1n) is 3.88. The van der Waals surface area contributed by atoms with Crippen molar-refractivity contribution in [3.05, 3.63) is 18.2 Å². The fraction of sp³-hybridized carbons (Fsp3) is 0.625. The Balaban J connectivity index is 2.68. The van der Waals surface area contributed by atoms with Gasteiger partial charge in [-0.1, -0.05) is 0 Å². The minimum Gasteiger partial charge on any atom is -0.335 e. The number of hydrogen-bond donors (Lipinski definition) is 0. The van der Waals surface area contributed by atoms with E-state index in [2.05, 4.69) is 16.5 Å². The number of imidazole rings is 1. The Morgan fingerprint density at radius 1 is 1.73 bits per heavy atom. The highest BCUT2D eigenvalue weighted by atomic mass is 35.5. The van der Waals surface area contributed by atoms with Gasteiger partial charge in [-0.15, -0.1) is 11.6 Å². The highest BCUT2D eigenvalue weighted by molar-refractivity contribution is 6.20. The second-order valence-corrected chi connectivity index (χ2v) is 3.36. The SMILES string of the molecule is CCn1ccnc1CC(C)Cl. The molecule has 2 nitrogen and oxygen atoms in total. The molecule has 0 radical (unpaired) electrons. The van der Waals surface area contributed by atoms with Crippen LogP contribution in [0.3, 0.4) is 0 Å². The molecular formula is C8H13ClN2. The summed E-state index contributed by atoms with van der Waals surface area (Å²) in [6.07, 6.45) is 4.65. The van der Waals surface area contributed by atoms with E-state index in [1.807, 2.05) is 19.3 Å². The van der Waals surface area contributed by atoms with Crippen molar-refractivity contribution in [2.75, 3.05) is 0 Å². The van der Waals surface area contributed by atoms with Crippen molar-refractivity contribution >= 4 is 11.6 Å². The van der Waals surface area contributed by atoms with Gasteiger partial charge in [-0.25, -0.2) is 4.98 Å². The molecule has 1 heterocycles. The van der Waals surface area contributed by atoms with Crippen LogP contribution >= 0.6 is 11.6 Å². The Hall–Kier alpha value is -0.500. The van der Waals surface area contributed by atoms with Crippen molar-refractivity contribution in [3.63, 3.8) is 0 Å². The van der Waals surface area contributed by atoms with Gasteiger partial charge in [0, 0.05) is 30.7 Å². The molecular weight excluding hydrogens is 160 g/mol. The van der Waals surface area contributed by atoms with Gasteiger partial charge in [0.15, 0.2) is 0 Å². The van der Waals surface area contributed by atoms with Crippen LogP contribution in [0.1, 0.15) is 19.7 Å². The number of hydrogen-bond acceptors (Lipinski definition) is 1. The highest BCUT2D eigenvalue weighted by Gasteiger charge is 2.03. The molecule has 1 atom stereocenters. The molecule has 0 saturated carbocycles. The van der Waals surface area contributed by atoms with E-state index in [0.717, 1.165) is 18.8 Å². The Morgan fingerprint density at radius 2 is 2.45 bits per heavy atom. The van der Waals surface area contributed by atoms with Crippen molar-refractivity contribution in [2.45, 2.75) is 32.2 Å². The van der Waals surface area contributed by atoms with E-state index >= 15 is 0 Å². The molecule has 0 fully saturated rings. The molecule has 0 N–H and O–H groups in total. The fourth-order valence-electron chi connectivity index (χ4n) is 1.07. The molecule has 1 aromatic heterocycles. The number of halogens is 1. The lowest BCUT2D eigenvalue weighted by molar-refractivity contribution is 0.686. The maximum absolute atomic E-state index is 5.84. The molecule has 0 bridgehead atoms. The van der Waals surface area contributed by atoms with Gasteiger partial charge in [-0.3, -0.25) is 0 Å². The van der Waals surface area contributed by atoms with E-state index in [0.29, 0.717) is 0 Å². The summed E-state index contributed by atoms with van der Waals surface area (Å²) in [4.78, 5) is 4.21. The third kappa shape index (κ3) is 2.22. The first-order chi connectivity index (χ1) is 5.24. The van der Waals surface area contributed by atoms with E-state index in [1.165, 1.54) is 0 Å². The summed E-state index contributed by atoms with van der Waals surface area (Å²) < 4.78 is 2.11. The monoisotopic (exact) mass is 172 g/mol. The molecule has 0 spiro atoms. The highest BCUT2D eigenvalue weighted by Crippen LogP contribution is 2.05. The van der Waals surface area contributed by atoms with Crippen LogP contribution in [0.25, 0.3) is 0 Å². The molecule has 1 rings (SSSR count). The summed E-state index contributed by atoms with van der Waals surface area (Å²) in [5.74, 6) is 1.08. The molecule has 1 unspecified atom stereocenters. The van der Waals surface area contributed by atoms with Gasteiger partial charge in [0.1, 0.15) is 5.82 Å². The zero-order valence-corrected chi connectivity index (χ0v) is 7.67. The normalized spacial score (nSPS) is 13.4. The largest absolute Gasteiger partial charge is 0.335 e. The second-order valence-electron chi connectivity index (χ2n) is 2.61. The smallest absolute Gasteiger partial charge is 0.110 e. The van der Waals surface area contributed by atoms with E-state index < -0.39 is 0 Å².